The lowest BCUT2D eigenvalue weighted by Gasteiger charge is -2.09. The molecule has 0 saturated carbocycles. The van der Waals surface area contributed by atoms with E-state index in [9.17, 15) is 18.0 Å². The van der Waals surface area contributed by atoms with Crippen molar-refractivity contribution >= 4 is 17.2 Å². The Labute approximate surface area is 136 Å². The molecule has 3 aromatic rings. The van der Waals surface area contributed by atoms with Crippen LogP contribution in [0.3, 0.4) is 0 Å². The summed E-state index contributed by atoms with van der Waals surface area (Å²) >= 11 is 0. The summed E-state index contributed by atoms with van der Waals surface area (Å²) in [4.78, 5) is 14.6. The number of carbonyl (C=O) groups excluding carboxylic acids is 1. The van der Waals surface area contributed by atoms with E-state index in [1.165, 1.54) is 6.07 Å². The van der Waals surface area contributed by atoms with Crippen LogP contribution in [0.4, 0.5) is 13.2 Å². The molecule has 0 aliphatic carbocycles. The van der Waals surface area contributed by atoms with Gasteiger partial charge >= 0.3 is 6.18 Å². The number of ether oxygens (including phenoxy) is 1. The summed E-state index contributed by atoms with van der Waals surface area (Å²) in [6, 6.07) is 10.4. The third-order valence-electron chi connectivity index (χ3n) is 3.74. The Hall–Kier alpha value is -2.76. The van der Waals surface area contributed by atoms with Gasteiger partial charge in [0.1, 0.15) is 5.75 Å². The second-order valence-electron chi connectivity index (χ2n) is 5.22. The van der Waals surface area contributed by atoms with Gasteiger partial charge in [-0.05, 0) is 37.3 Å². The van der Waals surface area contributed by atoms with E-state index in [0.29, 0.717) is 35.4 Å². The summed E-state index contributed by atoms with van der Waals surface area (Å²) in [6.07, 6.45) is -3.90. The fraction of sp³-hybridized carbons (Fsp3) is 0.167. The minimum absolute atomic E-state index is 0.184. The zero-order chi connectivity index (χ0) is 17.3. The fourth-order valence-corrected chi connectivity index (χ4v) is 2.68. The Bertz CT molecular complexity index is 897. The van der Waals surface area contributed by atoms with E-state index in [1.807, 2.05) is 6.92 Å². The number of nitrogens with one attached hydrogen (secondary N) is 1. The highest BCUT2D eigenvalue weighted by Crippen LogP contribution is 2.37. The van der Waals surface area contributed by atoms with Crippen LogP contribution in [-0.4, -0.2) is 17.9 Å². The summed E-state index contributed by atoms with van der Waals surface area (Å²) in [6.45, 7) is 2.27. The largest absolute Gasteiger partial charge is 0.493 e. The van der Waals surface area contributed by atoms with Crippen molar-refractivity contribution in [3.05, 3.63) is 53.6 Å². The highest BCUT2D eigenvalue weighted by Gasteiger charge is 2.31. The number of benzene rings is 2. The molecule has 1 aromatic heterocycles. The highest BCUT2D eigenvalue weighted by molar-refractivity contribution is 6.05. The molecule has 3 nitrogen and oxygen atoms in total. The maximum atomic E-state index is 12.9. The van der Waals surface area contributed by atoms with Gasteiger partial charge in [0.25, 0.3) is 0 Å². The number of alkyl halides is 3. The zero-order valence-electron chi connectivity index (χ0n) is 12.8. The molecule has 0 amide bonds. The molecule has 2 aromatic carbocycles. The second kappa shape index (κ2) is 6.03. The second-order valence-corrected chi connectivity index (χ2v) is 5.22. The van der Waals surface area contributed by atoms with E-state index in [1.54, 1.807) is 24.3 Å². The highest BCUT2D eigenvalue weighted by atomic mass is 19.4. The predicted molar refractivity (Wildman–Crippen MR) is 85.3 cm³/mol. The third kappa shape index (κ3) is 2.75. The van der Waals surface area contributed by atoms with Crippen LogP contribution in [0, 0.1) is 0 Å². The van der Waals surface area contributed by atoms with Crippen molar-refractivity contribution < 1.29 is 22.7 Å². The molecule has 0 spiro atoms. The number of H-pyrrole nitrogens is 1. The van der Waals surface area contributed by atoms with Gasteiger partial charge in [-0.15, -0.1) is 0 Å². The summed E-state index contributed by atoms with van der Waals surface area (Å²) in [7, 11) is 0. The maximum Gasteiger partial charge on any atom is 0.416 e. The maximum absolute atomic E-state index is 12.9. The van der Waals surface area contributed by atoms with E-state index < -0.39 is 11.7 Å². The molecule has 3 rings (SSSR count). The number of fused-ring (bicyclic) bond motifs is 1. The van der Waals surface area contributed by atoms with Crippen molar-refractivity contribution in [2.45, 2.75) is 13.1 Å². The van der Waals surface area contributed by atoms with Crippen molar-refractivity contribution in [1.82, 2.24) is 4.98 Å². The summed E-state index contributed by atoms with van der Waals surface area (Å²) in [5.74, 6) is 0.561. The van der Waals surface area contributed by atoms with Crippen LogP contribution in [0.2, 0.25) is 0 Å². The van der Waals surface area contributed by atoms with Gasteiger partial charge in [0, 0.05) is 22.0 Å². The minimum atomic E-state index is -4.46. The van der Waals surface area contributed by atoms with E-state index in [2.05, 4.69) is 4.98 Å². The number of para-hydroxylation sites is 1. The molecule has 0 bridgehead atoms. The lowest BCUT2D eigenvalue weighted by molar-refractivity contribution is -0.137. The monoisotopic (exact) mass is 333 g/mol. The molecule has 0 unspecified atom stereocenters. The van der Waals surface area contributed by atoms with Crippen LogP contribution in [0.5, 0.6) is 5.75 Å². The van der Waals surface area contributed by atoms with Crippen LogP contribution < -0.4 is 4.74 Å². The normalized spacial score (nSPS) is 11.7. The summed E-state index contributed by atoms with van der Waals surface area (Å²) < 4.78 is 44.3. The number of aromatic amines is 1. The van der Waals surface area contributed by atoms with Crippen molar-refractivity contribution in [3.8, 4) is 17.0 Å². The average Bonchev–Trinajstić information content (AvgIpc) is 2.92. The van der Waals surface area contributed by atoms with Gasteiger partial charge in [-0.2, -0.15) is 13.2 Å². The average molecular weight is 333 g/mol. The standard InChI is InChI=1S/C18H14F3NO2/c1-2-24-16-6-4-3-5-12(16)17-14(10-23)13-9-11(18(19,20)21)7-8-15(13)22-17/h3-10,22H,2H2,1H3. The van der Waals surface area contributed by atoms with Crippen LogP contribution in [0.1, 0.15) is 22.8 Å². The lowest BCUT2D eigenvalue weighted by atomic mass is 10.0. The van der Waals surface area contributed by atoms with Gasteiger partial charge in [0.05, 0.1) is 17.9 Å². The number of hydrogen-bond donors (Lipinski definition) is 1. The number of rotatable bonds is 4. The molecule has 0 aliphatic rings. The van der Waals surface area contributed by atoms with E-state index >= 15 is 0 Å². The van der Waals surface area contributed by atoms with Gasteiger partial charge in [0.2, 0.25) is 0 Å². The summed E-state index contributed by atoms with van der Waals surface area (Å²) in [5.41, 5.74) is 0.936. The Morgan fingerprint density at radius 1 is 1.17 bits per heavy atom. The first-order valence-electron chi connectivity index (χ1n) is 7.36. The van der Waals surface area contributed by atoms with E-state index in [0.717, 1.165) is 12.1 Å². The number of carbonyl (C=O) groups is 1. The first-order chi connectivity index (χ1) is 11.5. The van der Waals surface area contributed by atoms with Crippen LogP contribution >= 0.6 is 0 Å². The van der Waals surface area contributed by atoms with Crippen molar-refractivity contribution in [2.24, 2.45) is 0 Å². The quantitative estimate of drug-likeness (QED) is 0.678. The Kier molecular flexibility index (Phi) is 4.05. The topological polar surface area (TPSA) is 42.1 Å². The molecule has 1 heterocycles. The number of hydrogen-bond acceptors (Lipinski definition) is 2. The van der Waals surface area contributed by atoms with Gasteiger partial charge in [-0.1, -0.05) is 12.1 Å². The summed E-state index contributed by atoms with van der Waals surface area (Å²) in [5, 5.41) is 0.237. The molecule has 0 fully saturated rings. The molecular formula is C18H14F3NO2. The van der Waals surface area contributed by atoms with Crippen molar-refractivity contribution in [3.63, 3.8) is 0 Å². The molecule has 1 N–H and O–H groups in total. The smallest absolute Gasteiger partial charge is 0.416 e. The van der Waals surface area contributed by atoms with E-state index in [-0.39, 0.29) is 10.9 Å². The van der Waals surface area contributed by atoms with Gasteiger partial charge in [-0.25, -0.2) is 0 Å². The Balaban J connectivity index is 2.25. The van der Waals surface area contributed by atoms with Crippen LogP contribution in [0.25, 0.3) is 22.2 Å². The molecular weight excluding hydrogens is 319 g/mol. The third-order valence-corrected chi connectivity index (χ3v) is 3.74. The SMILES string of the molecule is CCOc1ccccc1-c1[nH]c2ccc(C(F)(F)F)cc2c1C=O. The molecule has 24 heavy (non-hydrogen) atoms. The van der Waals surface area contributed by atoms with Gasteiger partial charge < -0.3 is 9.72 Å². The van der Waals surface area contributed by atoms with Crippen molar-refractivity contribution in [1.29, 1.82) is 0 Å². The molecule has 6 heteroatoms. The van der Waals surface area contributed by atoms with Crippen molar-refractivity contribution in [2.75, 3.05) is 6.61 Å². The fourth-order valence-electron chi connectivity index (χ4n) is 2.68. The van der Waals surface area contributed by atoms with Crippen LogP contribution in [-0.2, 0) is 6.18 Å². The lowest BCUT2D eigenvalue weighted by Crippen LogP contribution is -2.04. The minimum Gasteiger partial charge on any atom is -0.493 e. The molecule has 124 valence electrons. The molecule has 0 saturated heterocycles. The zero-order valence-corrected chi connectivity index (χ0v) is 12.8. The molecule has 0 aliphatic heterocycles. The number of halogens is 3. The molecule has 0 radical (unpaired) electrons. The Morgan fingerprint density at radius 3 is 2.58 bits per heavy atom. The predicted octanol–water partition coefficient (Wildman–Crippen LogP) is 5.06. The van der Waals surface area contributed by atoms with Crippen LogP contribution in [0.15, 0.2) is 42.5 Å². The number of aromatic nitrogens is 1. The van der Waals surface area contributed by atoms with Gasteiger partial charge in [0.15, 0.2) is 6.29 Å². The van der Waals surface area contributed by atoms with E-state index in [4.69, 9.17) is 4.74 Å². The first kappa shape index (κ1) is 16.1. The Morgan fingerprint density at radius 2 is 1.92 bits per heavy atom. The van der Waals surface area contributed by atoms with Gasteiger partial charge in [-0.3, -0.25) is 4.79 Å². The molecule has 0 atom stereocenters. The first-order valence-corrected chi connectivity index (χ1v) is 7.36. The number of aldehydes is 1.